The van der Waals surface area contributed by atoms with E-state index in [-0.39, 0.29) is 11.8 Å². The Bertz CT molecular complexity index is 568. The quantitative estimate of drug-likeness (QED) is 0.648. The number of hydrogen-bond acceptors (Lipinski definition) is 2. The van der Waals surface area contributed by atoms with E-state index in [0.717, 1.165) is 0 Å². The Labute approximate surface area is 127 Å². The Morgan fingerprint density at radius 2 is 2.00 bits per heavy atom. The highest BCUT2D eigenvalue weighted by molar-refractivity contribution is 6.36. The Morgan fingerprint density at radius 3 is 2.55 bits per heavy atom. The second kappa shape index (κ2) is 5.85. The van der Waals surface area contributed by atoms with Crippen LogP contribution in [0.15, 0.2) is 30.9 Å². The summed E-state index contributed by atoms with van der Waals surface area (Å²) in [5.74, 6) is -0.622. The molecular weight excluding hydrogens is 299 g/mol. The van der Waals surface area contributed by atoms with E-state index >= 15 is 0 Å². The average molecular weight is 313 g/mol. The standard InChI is InChI=1S/C14H14Cl2N2O2/c1-2-7-17-12(19)14(5-6-14)13(20)18-11-4-3-9(15)8-10(11)16/h2-4,8H,1,5-7H2,(H,17,19)(H,18,20). The van der Waals surface area contributed by atoms with Gasteiger partial charge in [0.1, 0.15) is 5.41 Å². The molecule has 2 amide bonds. The molecule has 0 aromatic heterocycles. The van der Waals surface area contributed by atoms with Gasteiger partial charge < -0.3 is 10.6 Å². The van der Waals surface area contributed by atoms with E-state index in [9.17, 15) is 9.59 Å². The van der Waals surface area contributed by atoms with E-state index in [1.54, 1.807) is 18.2 Å². The normalized spacial score (nSPS) is 15.3. The SMILES string of the molecule is C=CCNC(=O)C1(C(=O)Nc2ccc(Cl)cc2Cl)CC1. The van der Waals surface area contributed by atoms with E-state index in [0.29, 0.717) is 35.1 Å². The maximum Gasteiger partial charge on any atom is 0.240 e. The van der Waals surface area contributed by atoms with Gasteiger partial charge in [0.2, 0.25) is 11.8 Å². The van der Waals surface area contributed by atoms with Gasteiger partial charge in [0.05, 0.1) is 10.7 Å². The predicted molar refractivity (Wildman–Crippen MR) is 80.0 cm³/mol. The smallest absolute Gasteiger partial charge is 0.240 e. The third-order valence-corrected chi connectivity index (χ3v) is 3.75. The van der Waals surface area contributed by atoms with Crippen molar-refractivity contribution in [1.82, 2.24) is 5.32 Å². The van der Waals surface area contributed by atoms with Gasteiger partial charge in [-0.1, -0.05) is 29.3 Å². The van der Waals surface area contributed by atoms with Gasteiger partial charge in [-0.05, 0) is 31.0 Å². The Morgan fingerprint density at radius 1 is 1.30 bits per heavy atom. The van der Waals surface area contributed by atoms with Crippen molar-refractivity contribution in [3.05, 3.63) is 40.9 Å². The summed E-state index contributed by atoms with van der Waals surface area (Å²) in [6.45, 7) is 3.87. The Balaban J connectivity index is 2.08. The van der Waals surface area contributed by atoms with Gasteiger partial charge in [-0.3, -0.25) is 9.59 Å². The van der Waals surface area contributed by atoms with Gasteiger partial charge in [-0.15, -0.1) is 6.58 Å². The first kappa shape index (κ1) is 14.9. The molecule has 0 spiro atoms. The fourth-order valence-electron chi connectivity index (χ4n) is 1.85. The van der Waals surface area contributed by atoms with Crippen LogP contribution in [0.3, 0.4) is 0 Å². The number of halogens is 2. The molecule has 1 aliphatic rings. The number of carbonyl (C=O) groups excluding carboxylic acids is 2. The van der Waals surface area contributed by atoms with Crippen molar-refractivity contribution in [2.45, 2.75) is 12.8 Å². The second-order valence-corrected chi connectivity index (χ2v) is 5.50. The first-order valence-corrected chi connectivity index (χ1v) is 6.91. The fraction of sp³-hybridized carbons (Fsp3) is 0.286. The summed E-state index contributed by atoms with van der Waals surface area (Å²) >= 11 is 11.8. The fourth-order valence-corrected chi connectivity index (χ4v) is 2.30. The molecule has 0 atom stereocenters. The number of hydrogen-bond donors (Lipinski definition) is 2. The van der Waals surface area contributed by atoms with Crippen molar-refractivity contribution < 1.29 is 9.59 Å². The summed E-state index contributed by atoms with van der Waals surface area (Å²) < 4.78 is 0. The summed E-state index contributed by atoms with van der Waals surface area (Å²) in [5, 5.41) is 6.16. The van der Waals surface area contributed by atoms with Gasteiger partial charge >= 0.3 is 0 Å². The zero-order valence-corrected chi connectivity index (χ0v) is 12.2. The molecule has 1 fully saturated rings. The molecule has 0 bridgehead atoms. The summed E-state index contributed by atoms with van der Waals surface area (Å²) in [6, 6.07) is 4.77. The van der Waals surface area contributed by atoms with Crippen LogP contribution in [0.2, 0.25) is 10.0 Å². The molecular formula is C14H14Cl2N2O2. The van der Waals surface area contributed by atoms with Crippen LogP contribution in [-0.2, 0) is 9.59 Å². The first-order chi connectivity index (χ1) is 9.49. The van der Waals surface area contributed by atoms with Crippen molar-refractivity contribution in [1.29, 1.82) is 0 Å². The van der Waals surface area contributed by atoms with Gasteiger partial charge in [-0.2, -0.15) is 0 Å². The van der Waals surface area contributed by atoms with Crippen LogP contribution in [-0.4, -0.2) is 18.4 Å². The molecule has 6 heteroatoms. The van der Waals surface area contributed by atoms with Crippen molar-refractivity contribution in [3.63, 3.8) is 0 Å². The van der Waals surface area contributed by atoms with Gasteiger partial charge in [-0.25, -0.2) is 0 Å². The van der Waals surface area contributed by atoms with Crippen LogP contribution in [0.1, 0.15) is 12.8 Å². The highest BCUT2D eigenvalue weighted by atomic mass is 35.5. The molecule has 1 aromatic carbocycles. The zero-order chi connectivity index (χ0) is 14.8. The lowest BCUT2D eigenvalue weighted by Crippen LogP contribution is -2.40. The summed E-state index contributed by atoms with van der Waals surface area (Å²) in [4.78, 5) is 24.2. The van der Waals surface area contributed by atoms with Crippen LogP contribution in [0.25, 0.3) is 0 Å². The molecule has 1 aliphatic carbocycles. The lowest BCUT2D eigenvalue weighted by molar-refractivity contribution is -0.134. The second-order valence-electron chi connectivity index (χ2n) is 4.66. The zero-order valence-electron chi connectivity index (χ0n) is 10.7. The molecule has 0 heterocycles. The van der Waals surface area contributed by atoms with Crippen molar-refractivity contribution in [2.75, 3.05) is 11.9 Å². The Hall–Kier alpha value is -1.52. The molecule has 2 N–H and O–H groups in total. The highest BCUT2D eigenvalue weighted by Gasteiger charge is 2.56. The molecule has 0 saturated heterocycles. The van der Waals surface area contributed by atoms with Crippen LogP contribution in [0.4, 0.5) is 5.69 Å². The number of amides is 2. The predicted octanol–water partition coefficient (Wildman–Crippen LogP) is 3.01. The summed E-state index contributed by atoms with van der Waals surface area (Å²) in [7, 11) is 0. The van der Waals surface area contributed by atoms with E-state index in [4.69, 9.17) is 23.2 Å². The number of anilines is 1. The molecule has 1 saturated carbocycles. The maximum atomic E-state index is 12.2. The van der Waals surface area contributed by atoms with E-state index in [1.807, 2.05) is 0 Å². The molecule has 0 aliphatic heterocycles. The number of rotatable bonds is 5. The van der Waals surface area contributed by atoms with E-state index in [2.05, 4.69) is 17.2 Å². The first-order valence-electron chi connectivity index (χ1n) is 6.15. The minimum absolute atomic E-state index is 0.278. The van der Waals surface area contributed by atoms with Crippen LogP contribution in [0, 0.1) is 5.41 Å². The summed E-state index contributed by atoms with van der Waals surface area (Å²) in [5.41, 5.74) is -0.532. The van der Waals surface area contributed by atoms with Gasteiger partial charge in [0, 0.05) is 11.6 Å². The van der Waals surface area contributed by atoms with Crippen LogP contribution in [0.5, 0.6) is 0 Å². The molecule has 20 heavy (non-hydrogen) atoms. The molecule has 1 aromatic rings. The minimum atomic E-state index is -0.980. The van der Waals surface area contributed by atoms with Gasteiger partial charge in [0.15, 0.2) is 0 Å². The van der Waals surface area contributed by atoms with Crippen molar-refractivity contribution in [3.8, 4) is 0 Å². The van der Waals surface area contributed by atoms with E-state index in [1.165, 1.54) is 6.07 Å². The minimum Gasteiger partial charge on any atom is -0.352 e. The number of carbonyl (C=O) groups is 2. The van der Waals surface area contributed by atoms with Crippen molar-refractivity contribution in [2.24, 2.45) is 5.41 Å². The lowest BCUT2D eigenvalue weighted by Gasteiger charge is -2.15. The molecule has 0 unspecified atom stereocenters. The van der Waals surface area contributed by atoms with Gasteiger partial charge in [0.25, 0.3) is 0 Å². The third-order valence-electron chi connectivity index (χ3n) is 3.21. The monoisotopic (exact) mass is 312 g/mol. The van der Waals surface area contributed by atoms with E-state index < -0.39 is 5.41 Å². The third kappa shape index (κ3) is 2.97. The molecule has 106 valence electrons. The number of benzene rings is 1. The maximum absolute atomic E-state index is 12.2. The number of nitrogens with one attached hydrogen (secondary N) is 2. The highest BCUT2D eigenvalue weighted by Crippen LogP contribution is 2.47. The molecule has 2 rings (SSSR count). The Kier molecular flexibility index (Phi) is 4.35. The average Bonchev–Trinajstić information content (AvgIpc) is 3.20. The van der Waals surface area contributed by atoms with Crippen LogP contribution >= 0.6 is 23.2 Å². The topological polar surface area (TPSA) is 58.2 Å². The van der Waals surface area contributed by atoms with Crippen molar-refractivity contribution >= 4 is 40.7 Å². The summed E-state index contributed by atoms with van der Waals surface area (Å²) in [6.07, 6.45) is 2.64. The van der Waals surface area contributed by atoms with Crippen LogP contribution < -0.4 is 10.6 Å². The largest absolute Gasteiger partial charge is 0.352 e. The molecule has 4 nitrogen and oxygen atoms in total. The lowest BCUT2D eigenvalue weighted by atomic mass is 10.1. The molecule has 0 radical (unpaired) electrons.